The molecule has 0 fully saturated rings. The zero-order valence-corrected chi connectivity index (χ0v) is 14.1. The lowest BCUT2D eigenvalue weighted by molar-refractivity contribution is -0.125. The third-order valence-electron chi connectivity index (χ3n) is 4.46. The summed E-state index contributed by atoms with van der Waals surface area (Å²) in [7, 11) is 0. The average Bonchev–Trinajstić information content (AvgIpc) is 2.91. The van der Waals surface area contributed by atoms with Crippen molar-refractivity contribution in [2.24, 2.45) is 0 Å². The van der Waals surface area contributed by atoms with Gasteiger partial charge in [0, 0.05) is 17.4 Å². The van der Waals surface area contributed by atoms with Gasteiger partial charge in [-0.25, -0.2) is 0 Å². The maximum Gasteiger partial charge on any atom is 0.236 e. The number of para-hydroxylation sites is 2. The van der Waals surface area contributed by atoms with Gasteiger partial charge in [-0.15, -0.1) is 0 Å². The summed E-state index contributed by atoms with van der Waals surface area (Å²) < 4.78 is 0. The number of fused-ring (bicyclic) bond motifs is 1. The number of rotatable bonds is 4. The molecule has 1 heterocycles. The van der Waals surface area contributed by atoms with Crippen molar-refractivity contribution in [1.29, 1.82) is 0 Å². The summed E-state index contributed by atoms with van der Waals surface area (Å²) in [5, 5.41) is 2.87. The SMILES string of the molecule is CCc1ccccc1NC(=O)CC(=O)N1c2ccccc2CC1C. The lowest BCUT2D eigenvalue weighted by Gasteiger charge is -2.22. The number of hydrogen-bond donors (Lipinski definition) is 1. The van der Waals surface area contributed by atoms with E-state index in [-0.39, 0.29) is 24.3 Å². The molecule has 0 aromatic heterocycles. The Morgan fingerprint density at radius 2 is 1.83 bits per heavy atom. The van der Waals surface area contributed by atoms with Gasteiger partial charge in [0.2, 0.25) is 11.8 Å². The molecule has 0 radical (unpaired) electrons. The number of carbonyl (C=O) groups is 2. The molecule has 0 bridgehead atoms. The van der Waals surface area contributed by atoms with E-state index < -0.39 is 0 Å². The molecule has 1 atom stereocenters. The van der Waals surface area contributed by atoms with Crippen molar-refractivity contribution in [2.45, 2.75) is 39.2 Å². The summed E-state index contributed by atoms with van der Waals surface area (Å²) in [6.45, 7) is 4.06. The lowest BCUT2D eigenvalue weighted by atomic mass is 10.1. The van der Waals surface area contributed by atoms with Crippen molar-refractivity contribution < 1.29 is 9.59 Å². The summed E-state index contributed by atoms with van der Waals surface area (Å²) in [4.78, 5) is 26.7. The minimum absolute atomic E-state index is 0.0885. The third kappa shape index (κ3) is 3.18. The Kier molecular flexibility index (Phi) is 4.65. The topological polar surface area (TPSA) is 49.4 Å². The number of aryl methyl sites for hydroxylation is 1. The fourth-order valence-electron chi connectivity index (χ4n) is 3.31. The number of benzene rings is 2. The second-order valence-electron chi connectivity index (χ2n) is 6.18. The number of hydrogen-bond acceptors (Lipinski definition) is 2. The zero-order chi connectivity index (χ0) is 17.1. The van der Waals surface area contributed by atoms with Crippen LogP contribution in [0.15, 0.2) is 48.5 Å². The van der Waals surface area contributed by atoms with Gasteiger partial charge in [-0.1, -0.05) is 43.3 Å². The van der Waals surface area contributed by atoms with Crippen molar-refractivity contribution in [3.63, 3.8) is 0 Å². The van der Waals surface area contributed by atoms with Crippen LogP contribution in [0.25, 0.3) is 0 Å². The Morgan fingerprint density at radius 3 is 2.62 bits per heavy atom. The Hall–Kier alpha value is -2.62. The molecule has 2 aromatic rings. The smallest absolute Gasteiger partial charge is 0.236 e. The van der Waals surface area contributed by atoms with Crippen LogP contribution in [0, 0.1) is 0 Å². The number of nitrogens with one attached hydrogen (secondary N) is 1. The summed E-state index contributed by atoms with van der Waals surface area (Å²) >= 11 is 0. The highest BCUT2D eigenvalue weighted by molar-refractivity contribution is 6.10. The third-order valence-corrected chi connectivity index (χ3v) is 4.46. The zero-order valence-electron chi connectivity index (χ0n) is 14.1. The lowest BCUT2D eigenvalue weighted by Crippen LogP contribution is -2.37. The van der Waals surface area contributed by atoms with Crippen molar-refractivity contribution in [1.82, 2.24) is 0 Å². The summed E-state index contributed by atoms with van der Waals surface area (Å²) in [6.07, 6.45) is 1.53. The van der Waals surface area contributed by atoms with E-state index in [4.69, 9.17) is 0 Å². The normalized spacial score (nSPS) is 15.9. The van der Waals surface area contributed by atoms with Crippen LogP contribution in [-0.4, -0.2) is 17.9 Å². The van der Waals surface area contributed by atoms with Gasteiger partial charge in [0.1, 0.15) is 6.42 Å². The number of carbonyl (C=O) groups excluding carboxylic acids is 2. The van der Waals surface area contributed by atoms with E-state index in [1.807, 2.05) is 62.4 Å². The minimum atomic E-state index is -0.266. The monoisotopic (exact) mass is 322 g/mol. The molecule has 0 aliphatic carbocycles. The highest BCUT2D eigenvalue weighted by Gasteiger charge is 2.31. The van der Waals surface area contributed by atoms with Crippen molar-refractivity contribution in [3.8, 4) is 0 Å². The molecule has 0 spiro atoms. The molecule has 4 nitrogen and oxygen atoms in total. The molecule has 0 saturated heterocycles. The van der Waals surface area contributed by atoms with Gasteiger partial charge in [0.05, 0.1) is 0 Å². The first-order valence-corrected chi connectivity index (χ1v) is 8.38. The Labute approximate surface area is 142 Å². The molecule has 2 aromatic carbocycles. The first kappa shape index (κ1) is 16.2. The number of anilines is 2. The van der Waals surface area contributed by atoms with Gasteiger partial charge in [-0.05, 0) is 43.0 Å². The predicted molar refractivity (Wildman–Crippen MR) is 96.2 cm³/mol. The largest absolute Gasteiger partial charge is 0.325 e. The molecule has 1 aliphatic rings. The van der Waals surface area contributed by atoms with E-state index in [0.717, 1.165) is 35.3 Å². The van der Waals surface area contributed by atoms with E-state index in [1.165, 1.54) is 0 Å². The molecule has 124 valence electrons. The van der Waals surface area contributed by atoms with E-state index in [0.29, 0.717) is 0 Å². The Bertz CT molecular complexity index is 770. The minimum Gasteiger partial charge on any atom is -0.325 e. The Morgan fingerprint density at radius 1 is 1.12 bits per heavy atom. The predicted octanol–water partition coefficient (Wildman–Crippen LogP) is 3.56. The van der Waals surface area contributed by atoms with Crippen molar-refractivity contribution in [3.05, 3.63) is 59.7 Å². The molecule has 3 rings (SSSR count). The molecule has 1 N–H and O–H groups in total. The van der Waals surface area contributed by atoms with Crippen LogP contribution in [0.5, 0.6) is 0 Å². The first-order chi connectivity index (χ1) is 11.6. The van der Waals surface area contributed by atoms with Gasteiger partial charge >= 0.3 is 0 Å². The van der Waals surface area contributed by atoms with Crippen molar-refractivity contribution in [2.75, 3.05) is 10.2 Å². The van der Waals surface area contributed by atoms with Gasteiger partial charge in [0.25, 0.3) is 0 Å². The van der Waals surface area contributed by atoms with Crippen LogP contribution in [0.4, 0.5) is 11.4 Å². The standard InChI is InChI=1S/C20H22N2O2/c1-3-15-8-4-6-10-17(15)21-19(23)13-20(24)22-14(2)12-16-9-5-7-11-18(16)22/h4-11,14H,3,12-13H2,1-2H3,(H,21,23). The van der Waals surface area contributed by atoms with E-state index in [1.54, 1.807) is 4.90 Å². The molecular weight excluding hydrogens is 300 g/mol. The summed E-state index contributed by atoms with van der Waals surface area (Å²) in [5.74, 6) is -0.420. The van der Waals surface area contributed by atoms with Gasteiger partial charge in [0.15, 0.2) is 0 Å². The van der Waals surface area contributed by atoms with Crippen LogP contribution in [-0.2, 0) is 22.4 Å². The molecule has 1 aliphatic heterocycles. The van der Waals surface area contributed by atoms with Crippen molar-refractivity contribution >= 4 is 23.2 Å². The van der Waals surface area contributed by atoms with Crippen LogP contribution in [0.1, 0.15) is 31.4 Å². The van der Waals surface area contributed by atoms with E-state index >= 15 is 0 Å². The summed E-state index contributed by atoms with van der Waals surface area (Å²) in [6, 6.07) is 15.7. The molecule has 2 amide bonds. The van der Waals surface area contributed by atoms with Crippen LogP contribution >= 0.6 is 0 Å². The number of nitrogens with zero attached hydrogens (tertiary/aromatic N) is 1. The first-order valence-electron chi connectivity index (χ1n) is 8.38. The second kappa shape index (κ2) is 6.87. The summed E-state index contributed by atoms with van der Waals surface area (Å²) in [5.41, 5.74) is 3.94. The van der Waals surface area contributed by atoms with Crippen LogP contribution in [0.2, 0.25) is 0 Å². The molecule has 0 saturated carbocycles. The maximum atomic E-state index is 12.6. The fraction of sp³-hybridized carbons (Fsp3) is 0.300. The molecular formula is C20H22N2O2. The second-order valence-corrected chi connectivity index (χ2v) is 6.18. The van der Waals surface area contributed by atoms with E-state index in [9.17, 15) is 9.59 Å². The molecule has 24 heavy (non-hydrogen) atoms. The van der Waals surface area contributed by atoms with Gasteiger partial charge in [-0.2, -0.15) is 0 Å². The maximum absolute atomic E-state index is 12.6. The highest BCUT2D eigenvalue weighted by Crippen LogP contribution is 2.32. The molecule has 4 heteroatoms. The Balaban J connectivity index is 1.70. The van der Waals surface area contributed by atoms with Crippen LogP contribution < -0.4 is 10.2 Å². The van der Waals surface area contributed by atoms with Gasteiger partial charge < -0.3 is 10.2 Å². The van der Waals surface area contributed by atoms with Crippen LogP contribution in [0.3, 0.4) is 0 Å². The van der Waals surface area contributed by atoms with E-state index in [2.05, 4.69) is 5.32 Å². The quantitative estimate of drug-likeness (QED) is 0.875. The average molecular weight is 322 g/mol. The fourth-order valence-corrected chi connectivity index (χ4v) is 3.31. The molecule has 1 unspecified atom stereocenters. The number of amides is 2. The van der Waals surface area contributed by atoms with Gasteiger partial charge in [-0.3, -0.25) is 9.59 Å². The highest BCUT2D eigenvalue weighted by atomic mass is 16.2.